The molecule has 0 aromatic heterocycles. The van der Waals surface area contributed by atoms with Crippen molar-refractivity contribution < 1.29 is 38.1 Å². The molecule has 9 heteroatoms. The van der Waals surface area contributed by atoms with Crippen LogP contribution in [0.1, 0.15) is 86.6 Å². The van der Waals surface area contributed by atoms with Gasteiger partial charge in [-0.05, 0) is 55.7 Å². The quantitative estimate of drug-likeness (QED) is 0.249. The van der Waals surface area contributed by atoms with Gasteiger partial charge < -0.3 is 24.7 Å². The van der Waals surface area contributed by atoms with Gasteiger partial charge in [-0.2, -0.15) is 0 Å². The summed E-state index contributed by atoms with van der Waals surface area (Å²) in [6, 6.07) is 3.68. The van der Waals surface area contributed by atoms with Crippen LogP contribution >= 0.6 is 0 Å². The molecule has 1 unspecified atom stereocenters. The van der Waals surface area contributed by atoms with Gasteiger partial charge in [-0.15, -0.1) is 0 Å². The maximum atomic E-state index is 12.6. The van der Waals surface area contributed by atoms with Gasteiger partial charge in [-0.1, -0.05) is 54.0 Å². The molecule has 38 heavy (non-hydrogen) atoms. The fraction of sp³-hybridized carbons (Fsp3) is 0.655. The van der Waals surface area contributed by atoms with E-state index in [-0.39, 0.29) is 54.5 Å². The number of ether oxygens (including phenoxy) is 4. The van der Waals surface area contributed by atoms with E-state index in [0.717, 1.165) is 6.42 Å². The van der Waals surface area contributed by atoms with Crippen LogP contribution < -0.4 is 15.2 Å². The first kappa shape index (κ1) is 33.1. The first-order valence-corrected chi connectivity index (χ1v) is 13.4. The van der Waals surface area contributed by atoms with Crippen molar-refractivity contribution in [3.05, 3.63) is 23.8 Å². The number of carbonyl (C=O) groups is 4. The van der Waals surface area contributed by atoms with Crippen LogP contribution in [0.15, 0.2) is 18.2 Å². The SMILES string of the molecule is CCC(C)CC(=O)O[C@@H](C)[C@H](C)OC(=O)[C@@H](N)Cc1ccc(OC(=O)CC(C)C)c(OC(=O)CC(C)C)c1. The summed E-state index contributed by atoms with van der Waals surface area (Å²) in [6.45, 7) is 14.8. The van der Waals surface area contributed by atoms with Crippen molar-refractivity contribution in [1.29, 1.82) is 0 Å². The second-order valence-corrected chi connectivity index (χ2v) is 10.8. The Hall–Kier alpha value is -2.94. The molecular weight excluding hydrogens is 490 g/mol. The Bertz CT molecular complexity index is 943. The van der Waals surface area contributed by atoms with Crippen molar-refractivity contribution in [2.75, 3.05) is 0 Å². The van der Waals surface area contributed by atoms with E-state index in [1.165, 1.54) is 12.1 Å². The predicted molar refractivity (Wildman–Crippen MR) is 143 cm³/mol. The molecule has 214 valence electrons. The van der Waals surface area contributed by atoms with Crippen LogP contribution in [0.25, 0.3) is 0 Å². The van der Waals surface area contributed by atoms with E-state index < -0.39 is 36.2 Å². The van der Waals surface area contributed by atoms with Crippen molar-refractivity contribution >= 4 is 23.9 Å². The Morgan fingerprint density at radius 1 is 0.737 bits per heavy atom. The molecule has 0 saturated carbocycles. The van der Waals surface area contributed by atoms with Crippen LogP contribution in [-0.2, 0) is 35.1 Å². The molecule has 0 fully saturated rings. The van der Waals surface area contributed by atoms with Crippen LogP contribution in [-0.4, -0.2) is 42.1 Å². The minimum atomic E-state index is -1.02. The lowest BCUT2D eigenvalue weighted by atomic mass is 10.1. The molecule has 1 aromatic rings. The topological polar surface area (TPSA) is 131 Å². The lowest BCUT2D eigenvalue weighted by Crippen LogP contribution is -2.39. The summed E-state index contributed by atoms with van der Waals surface area (Å²) in [6.07, 6.45) is 0.327. The number of hydrogen-bond acceptors (Lipinski definition) is 9. The average Bonchev–Trinajstić information content (AvgIpc) is 2.79. The first-order valence-electron chi connectivity index (χ1n) is 13.4. The molecule has 0 aliphatic heterocycles. The molecule has 9 nitrogen and oxygen atoms in total. The highest BCUT2D eigenvalue weighted by molar-refractivity contribution is 5.77. The maximum Gasteiger partial charge on any atom is 0.323 e. The molecule has 0 bridgehead atoms. The summed E-state index contributed by atoms with van der Waals surface area (Å²) in [5.41, 5.74) is 6.69. The summed E-state index contributed by atoms with van der Waals surface area (Å²) < 4.78 is 21.7. The van der Waals surface area contributed by atoms with E-state index in [9.17, 15) is 19.2 Å². The molecule has 1 rings (SSSR count). The van der Waals surface area contributed by atoms with Gasteiger partial charge in [-0.3, -0.25) is 19.2 Å². The molecule has 0 heterocycles. The molecular formula is C29H45NO8. The van der Waals surface area contributed by atoms with Crippen LogP contribution in [0.4, 0.5) is 0 Å². The molecule has 1 aromatic carbocycles. The number of benzene rings is 1. The Morgan fingerprint density at radius 3 is 1.79 bits per heavy atom. The Balaban J connectivity index is 2.89. The predicted octanol–water partition coefficient (Wildman–Crippen LogP) is 4.76. The molecule has 0 aliphatic carbocycles. The second-order valence-electron chi connectivity index (χ2n) is 10.8. The number of carbonyl (C=O) groups excluding carboxylic acids is 4. The highest BCUT2D eigenvalue weighted by atomic mass is 16.6. The number of hydrogen-bond donors (Lipinski definition) is 1. The van der Waals surface area contributed by atoms with Crippen molar-refractivity contribution in [1.82, 2.24) is 0 Å². The van der Waals surface area contributed by atoms with Gasteiger partial charge in [0.1, 0.15) is 18.2 Å². The number of nitrogens with two attached hydrogens (primary N) is 1. The molecule has 0 radical (unpaired) electrons. The Morgan fingerprint density at radius 2 is 1.26 bits per heavy atom. The van der Waals surface area contributed by atoms with Gasteiger partial charge in [0.05, 0.1) is 0 Å². The van der Waals surface area contributed by atoms with Gasteiger partial charge in [0.25, 0.3) is 0 Å². The van der Waals surface area contributed by atoms with Crippen molar-refractivity contribution in [2.24, 2.45) is 23.5 Å². The zero-order valence-corrected chi connectivity index (χ0v) is 24.1. The standard InChI is InChI=1S/C29H45NO8/c1-9-19(6)14-28(33)35-20(7)21(8)36-29(34)23(30)15-22-10-11-24(37-26(31)12-17(2)3)25(16-22)38-27(32)13-18(4)5/h10-11,16-21,23H,9,12-15,30H2,1-8H3/t19?,20-,21-,23-/m0/s1. The van der Waals surface area contributed by atoms with Crippen LogP contribution in [0, 0.1) is 17.8 Å². The summed E-state index contributed by atoms with van der Waals surface area (Å²) in [4.78, 5) is 49.2. The van der Waals surface area contributed by atoms with Gasteiger partial charge >= 0.3 is 23.9 Å². The lowest BCUT2D eigenvalue weighted by Gasteiger charge is -2.23. The van der Waals surface area contributed by atoms with E-state index in [4.69, 9.17) is 24.7 Å². The van der Waals surface area contributed by atoms with E-state index in [1.54, 1.807) is 19.9 Å². The van der Waals surface area contributed by atoms with Gasteiger partial charge in [-0.25, -0.2) is 0 Å². The lowest BCUT2D eigenvalue weighted by molar-refractivity contribution is -0.166. The third kappa shape index (κ3) is 12.5. The minimum Gasteiger partial charge on any atom is -0.459 e. The zero-order chi connectivity index (χ0) is 29.0. The summed E-state index contributed by atoms with van der Waals surface area (Å²) in [5, 5.41) is 0. The highest BCUT2D eigenvalue weighted by Gasteiger charge is 2.25. The Labute approximate surface area is 226 Å². The molecule has 2 N–H and O–H groups in total. The van der Waals surface area contributed by atoms with Crippen LogP contribution in [0.3, 0.4) is 0 Å². The summed E-state index contributed by atoms with van der Waals surface area (Å²) >= 11 is 0. The van der Waals surface area contributed by atoms with Gasteiger partial charge in [0.15, 0.2) is 11.5 Å². The zero-order valence-electron chi connectivity index (χ0n) is 24.1. The van der Waals surface area contributed by atoms with Crippen LogP contribution in [0.2, 0.25) is 0 Å². The van der Waals surface area contributed by atoms with E-state index >= 15 is 0 Å². The van der Waals surface area contributed by atoms with Crippen LogP contribution in [0.5, 0.6) is 11.5 Å². The largest absolute Gasteiger partial charge is 0.459 e. The van der Waals surface area contributed by atoms with Gasteiger partial charge in [0.2, 0.25) is 0 Å². The monoisotopic (exact) mass is 535 g/mol. The minimum absolute atomic E-state index is 0.0829. The fourth-order valence-electron chi connectivity index (χ4n) is 3.32. The molecule has 4 atom stereocenters. The molecule has 0 amide bonds. The highest BCUT2D eigenvalue weighted by Crippen LogP contribution is 2.30. The normalized spacial score (nSPS) is 14.4. The van der Waals surface area contributed by atoms with Crippen molar-refractivity contribution in [3.8, 4) is 11.5 Å². The molecule has 0 aliphatic rings. The molecule has 0 spiro atoms. The van der Waals surface area contributed by atoms with E-state index in [2.05, 4.69) is 0 Å². The third-order valence-corrected chi connectivity index (χ3v) is 5.86. The smallest absolute Gasteiger partial charge is 0.323 e. The third-order valence-electron chi connectivity index (χ3n) is 5.86. The van der Waals surface area contributed by atoms with Crippen molar-refractivity contribution in [3.63, 3.8) is 0 Å². The van der Waals surface area contributed by atoms with E-state index in [0.29, 0.717) is 12.0 Å². The second kappa shape index (κ2) is 16.1. The summed E-state index contributed by atoms with van der Waals surface area (Å²) in [7, 11) is 0. The number of esters is 4. The van der Waals surface area contributed by atoms with Gasteiger partial charge in [0, 0.05) is 19.3 Å². The summed E-state index contributed by atoms with van der Waals surface area (Å²) in [5.74, 6) is -1.31. The maximum absolute atomic E-state index is 12.6. The first-order chi connectivity index (χ1) is 17.7. The Kier molecular flexibility index (Phi) is 14.0. The average molecular weight is 536 g/mol. The fourth-order valence-corrected chi connectivity index (χ4v) is 3.32. The number of rotatable bonds is 15. The molecule has 0 saturated heterocycles. The van der Waals surface area contributed by atoms with E-state index in [1.807, 2.05) is 41.5 Å². The van der Waals surface area contributed by atoms with Crippen molar-refractivity contribution in [2.45, 2.75) is 106 Å².